The van der Waals surface area contributed by atoms with Gasteiger partial charge < -0.3 is 18.9 Å². The fourth-order valence-corrected chi connectivity index (χ4v) is 5.06. The van der Waals surface area contributed by atoms with Crippen LogP contribution in [0.15, 0.2) is 57.9 Å². The first kappa shape index (κ1) is 23.7. The van der Waals surface area contributed by atoms with Gasteiger partial charge in [-0.05, 0) is 43.3 Å². The van der Waals surface area contributed by atoms with Gasteiger partial charge in [0.25, 0.3) is 5.91 Å². The summed E-state index contributed by atoms with van der Waals surface area (Å²) in [5.74, 6) is 1.61. The van der Waals surface area contributed by atoms with E-state index in [0.29, 0.717) is 35.4 Å². The molecule has 4 rings (SSSR count). The first-order valence-corrected chi connectivity index (χ1v) is 12.4. The molecule has 0 spiro atoms. The van der Waals surface area contributed by atoms with Crippen molar-refractivity contribution in [3.63, 3.8) is 0 Å². The fraction of sp³-hybridized carbons (Fsp3) is 0.348. The highest BCUT2D eigenvalue weighted by molar-refractivity contribution is 7.89. The lowest BCUT2D eigenvalue weighted by molar-refractivity contribution is 0.0693. The third-order valence-corrected chi connectivity index (χ3v) is 7.26. The number of carbonyl (C=O) groups excluding carboxylic acids is 1. The number of rotatable bonds is 8. The Bertz CT molecular complexity index is 1230. The van der Waals surface area contributed by atoms with Crippen molar-refractivity contribution in [2.45, 2.75) is 25.3 Å². The van der Waals surface area contributed by atoms with Gasteiger partial charge in [-0.2, -0.15) is 9.29 Å². The lowest BCUT2D eigenvalue weighted by Crippen LogP contribution is -2.50. The molecule has 0 radical (unpaired) electrons. The number of hydrogen-bond acceptors (Lipinski definition) is 8. The second kappa shape index (κ2) is 10.2. The van der Waals surface area contributed by atoms with Crippen molar-refractivity contribution in [1.82, 2.24) is 19.3 Å². The zero-order chi connectivity index (χ0) is 24.1. The van der Waals surface area contributed by atoms with Crippen LogP contribution in [0.25, 0.3) is 0 Å². The monoisotopic (exact) mass is 486 g/mol. The van der Waals surface area contributed by atoms with Crippen LogP contribution in [0.3, 0.4) is 0 Å². The van der Waals surface area contributed by atoms with Crippen molar-refractivity contribution in [1.29, 1.82) is 0 Å². The zero-order valence-corrected chi connectivity index (χ0v) is 19.8. The van der Waals surface area contributed by atoms with Crippen molar-refractivity contribution >= 4 is 15.9 Å². The Morgan fingerprint density at radius 3 is 2.38 bits per heavy atom. The van der Waals surface area contributed by atoms with Crippen LogP contribution in [-0.4, -0.2) is 66.5 Å². The summed E-state index contributed by atoms with van der Waals surface area (Å²) < 4.78 is 43.5. The topological polar surface area (TPSA) is 115 Å². The Morgan fingerprint density at radius 2 is 1.74 bits per heavy atom. The molecule has 10 nitrogen and oxygen atoms in total. The van der Waals surface area contributed by atoms with Crippen LogP contribution >= 0.6 is 0 Å². The van der Waals surface area contributed by atoms with Crippen LogP contribution in [-0.2, 0) is 16.6 Å². The number of aromatic nitrogens is 2. The molecule has 2 heterocycles. The highest BCUT2D eigenvalue weighted by atomic mass is 32.2. The van der Waals surface area contributed by atoms with Crippen molar-refractivity contribution < 1.29 is 27.2 Å². The Morgan fingerprint density at radius 1 is 1.03 bits per heavy atom. The lowest BCUT2D eigenvalue weighted by atomic mass is 10.1. The largest absolute Gasteiger partial charge is 0.494 e. The Labute approximate surface area is 198 Å². The number of carbonyl (C=O) groups is 1. The summed E-state index contributed by atoms with van der Waals surface area (Å²) in [6.07, 6.45) is 0. The number of amides is 1. The summed E-state index contributed by atoms with van der Waals surface area (Å²) in [7, 11) is -3.66. The Hall–Kier alpha value is -3.44. The molecular weight excluding hydrogens is 460 g/mol. The predicted octanol–water partition coefficient (Wildman–Crippen LogP) is 2.50. The summed E-state index contributed by atoms with van der Waals surface area (Å²) in [5.41, 5.74) is 0.394. The average molecular weight is 487 g/mol. The summed E-state index contributed by atoms with van der Waals surface area (Å²) in [4.78, 5) is 19.1. The molecule has 1 saturated heterocycles. The molecule has 3 aromatic rings. The standard InChI is InChI=1S/C23H26N4O6S/c1-3-31-18-8-10-19(11-9-18)34(29,30)27-14-12-26(13-15-27)23(28)20-6-4-5-7-21(20)32-16-22-24-17(2)33-25-22/h4-11H,3,12-16H2,1-2H3. The van der Waals surface area contributed by atoms with E-state index < -0.39 is 10.0 Å². The number of ether oxygens (including phenoxy) is 2. The molecule has 0 bridgehead atoms. The van der Waals surface area contributed by atoms with Crippen LogP contribution in [0.4, 0.5) is 0 Å². The molecular formula is C23H26N4O6S. The number of para-hydroxylation sites is 1. The third kappa shape index (κ3) is 5.20. The maximum Gasteiger partial charge on any atom is 0.257 e. The summed E-state index contributed by atoms with van der Waals surface area (Å²) in [6, 6.07) is 13.3. The van der Waals surface area contributed by atoms with Crippen molar-refractivity contribution in [2.75, 3.05) is 32.8 Å². The van der Waals surface area contributed by atoms with Gasteiger partial charge in [0.15, 0.2) is 6.61 Å². The van der Waals surface area contributed by atoms with Crippen LogP contribution in [0.5, 0.6) is 11.5 Å². The number of nitrogens with zero attached hydrogens (tertiary/aromatic N) is 4. The van der Waals surface area contributed by atoms with Gasteiger partial charge in [-0.1, -0.05) is 17.3 Å². The van der Waals surface area contributed by atoms with Gasteiger partial charge in [0, 0.05) is 33.1 Å². The van der Waals surface area contributed by atoms with E-state index in [-0.39, 0.29) is 43.6 Å². The molecule has 1 aliphatic rings. The van der Waals surface area contributed by atoms with E-state index in [4.69, 9.17) is 14.0 Å². The normalized spacial score (nSPS) is 14.7. The summed E-state index contributed by atoms with van der Waals surface area (Å²) in [5, 5.41) is 3.79. The van der Waals surface area contributed by atoms with E-state index >= 15 is 0 Å². The smallest absolute Gasteiger partial charge is 0.257 e. The molecule has 0 saturated carbocycles. The number of piperazine rings is 1. The summed E-state index contributed by atoms with van der Waals surface area (Å²) >= 11 is 0. The average Bonchev–Trinajstić information content (AvgIpc) is 3.28. The second-order valence-electron chi connectivity index (χ2n) is 7.62. The molecule has 1 aromatic heterocycles. The van der Waals surface area contributed by atoms with E-state index in [1.54, 1.807) is 48.2 Å². The minimum atomic E-state index is -3.66. The van der Waals surface area contributed by atoms with Crippen LogP contribution in [0, 0.1) is 6.92 Å². The molecule has 180 valence electrons. The molecule has 0 N–H and O–H groups in total. The number of sulfonamides is 1. The van der Waals surface area contributed by atoms with Gasteiger partial charge >= 0.3 is 0 Å². The van der Waals surface area contributed by atoms with Crippen LogP contribution in [0.1, 0.15) is 29.0 Å². The van der Waals surface area contributed by atoms with Crippen molar-refractivity contribution in [3.05, 3.63) is 65.8 Å². The Balaban J connectivity index is 1.40. The van der Waals surface area contributed by atoms with E-state index in [1.807, 2.05) is 6.92 Å². The van der Waals surface area contributed by atoms with Gasteiger partial charge in [0.2, 0.25) is 21.7 Å². The highest BCUT2D eigenvalue weighted by Gasteiger charge is 2.31. The maximum absolute atomic E-state index is 13.2. The zero-order valence-electron chi connectivity index (χ0n) is 19.0. The predicted molar refractivity (Wildman–Crippen MR) is 122 cm³/mol. The van der Waals surface area contributed by atoms with Crippen molar-refractivity contribution in [3.8, 4) is 11.5 Å². The minimum absolute atomic E-state index is 0.0652. The van der Waals surface area contributed by atoms with Crippen LogP contribution in [0.2, 0.25) is 0 Å². The molecule has 2 aromatic carbocycles. The molecule has 0 atom stereocenters. The second-order valence-corrected chi connectivity index (χ2v) is 9.55. The molecule has 1 fully saturated rings. The quantitative estimate of drug-likeness (QED) is 0.477. The van der Waals surface area contributed by atoms with Crippen molar-refractivity contribution in [2.24, 2.45) is 0 Å². The van der Waals surface area contributed by atoms with E-state index in [0.717, 1.165) is 0 Å². The third-order valence-electron chi connectivity index (χ3n) is 5.34. The highest BCUT2D eigenvalue weighted by Crippen LogP contribution is 2.24. The first-order valence-electron chi connectivity index (χ1n) is 10.9. The molecule has 1 amide bonds. The molecule has 1 aliphatic heterocycles. The minimum Gasteiger partial charge on any atom is -0.494 e. The molecule has 34 heavy (non-hydrogen) atoms. The maximum atomic E-state index is 13.2. The van der Waals surface area contributed by atoms with E-state index in [2.05, 4.69) is 10.1 Å². The van der Waals surface area contributed by atoms with Gasteiger partial charge in [0.1, 0.15) is 11.5 Å². The SMILES string of the molecule is CCOc1ccc(S(=O)(=O)N2CCN(C(=O)c3ccccc3OCc3noc(C)n3)CC2)cc1. The van der Waals surface area contributed by atoms with E-state index in [1.165, 1.54) is 16.4 Å². The first-order chi connectivity index (χ1) is 16.4. The van der Waals surface area contributed by atoms with E-state index in [9.17, 15) is 13.2 Å². The van der Waals surface area contributed by atoms with Crippen LogP contribution < -0.4 is 9.47 Å². The molecule has 0 aliphatic carbocycles. The fourth-order valence-electron chi connectivity index (χ4n) is 3.64. The lowest BCUT2D eigenvalue weighted by Gasteiger charge is -2.34. The number of aryl methyl sites for hydroxylation is 1. The van der Waals surface area contributed by atoms with Gasteiger partial charge in [-0.15, -0.1) is 0 Å². The van der Waals surface area contributed by atoms with Gasteiger partial charge in [0.05, 0.1) is 17.1 Å². The van der Waals surface area contributed by atoms with Gasteiger partial charge in [-0.3, -0.25) is 4.79 Å². The number of hydrogen-bond donors (Lipinski definition) is 0. The van der Waals surface area contributed by atoms with Gasteiger partial charge in [-0.25, -0.2) is 8.42 Å². The molecule has 11 heteroatoms. The summed E-state index contributed by atoms with van der Waals surface area (Å²) in [6.45, 7) is 5.07. The number of benzene rings is 2. The molecule has 0 unspecified atom stereocenters. The Kier molecular flexibility index (Phi) is 7.13.